The number of nitrogens with zero attached hydrogens (tertiary/aromatic N) is 1. The lowest BCUT2D eigenvalue weighted by atomic mass is 9.85. The van der Waals surface area contributed by atoms with Crippen molar-refractivity contribution >= 4 is 23.3 Å². The van der Waals surface area contributed by atoms with E-state index in [0.29, 0.717) is 17.3 Å². The molecule has 1 aliphatic rings. The lowest BCUT2D eigenvalue weighted by Crippen LogP contribution is -2.46. The number of urea groups is 1. The zero-order valence-electron chi connectivity index (χ0n) is 11.5. The molecule has 1 saturated carbocycles. The lowest BCUT2D eigenvalue weighted by molar-refractivity contribution is -0.139. The maximum absolute atomic E-state index is 12.2. The fourth-order valence-electron chi connectivity index (χ4n) is 2.27. The summed E-state index contributed by atoms with van der Waals surface area (Å²) in [5.41, 5.74) is 0. The van der Waals surface area contributed by atoms with Gasteiger partial charge in [-0.25, -0.2) is 9.59 Å². The van der Waals surface area contributed by atoms with Crippen LogP contribution >= 0.6 is 11.3 Å². The predicted molar refractivity (Wildman–Crippen MR) is 77.8 cm³/mol. The van der Waals surface area contributed by atoms with Gasteiger partial charge in [0.1, 0.15) is 0 Å². The number of amides is 2. The molecule has 0 aliphatic heterocycles. The lowest BCUT2D eigenvalue weighted by Gasteiger charge is -2.32. The summed E-state index contributed by atoms with van der Waals surface area (Å²) in [6.07, 6.45) is 3.56. The van der Waals surface area contributed by atoms with E-state index in [1.807, 2.05) is 12.3 Å². The SMILES string of the molecule is CCN(CC1CCC1)C(=O)NC(C(=O)O)c1cccs1. The van der Waals surface area contributed by atoms with Gasteiger partial charge in [-0.1, -0.05) is 12.5 Å². The van der Waals surface area contributed by atoms with E-state index in [1.54, 1.807) is 17.0 Å². The highest BCUT2D eigenvalue weighted by Gasteiger charge is 2.27. The van der Waals surface area contributed by atoms with Crippen LogP contribution in [0.1, 0.15) is 37.1 Å². The van der Waals surface area contributed by atoms with Crippen LogP contribution in [-0.4, -0.2) is 35.1 Å². The third kappa shape index (κ3) is 3.50. The number of nitrogens with one attached hydrogen (secondary N) is 1. The van der Waals surface area contributed by atoms with Gasteiger partial charge in [0.2, 0.25) is 0 Å². The second kappa shape index (κ2) is 6.74. The molecule has 1 fully saturated rings. The molecule has 1 aromatic rings. The normalized spacial score (nSPS) is 16.2. The van der Waals surface area contributed by atoms with Crippen molar-refractivity contribution in [2.24, 2.45) is 5.92 Å². The number of carbonyl (C=O) groups is 2. The number of hydrogen-bond donors (Lipinski definition) is 2. The Kier molecular flexibility index (Phi) is 5.00. The Balaban J connectivity index is 1.97. The van der Waals surface area contributed by atoms with Crippen molar-refractivity contribution in [3.63, 3.8) is 0 Å². The van der Waals surface area contributed by atoms with Gasteiger partial charge in [0.25, 0.3) is 0 Å². The Labute approximate surface area is 122 Å². The van der Waals surface area contributed by atoms with Crippen LogP contribution in [-0.2, 0) is 4.79 Å². The summed E-state index contributed by atoms with van der Waals surface area (Å²) in [5.74, 6) is -0.453. The van der Waals surface area contributed by atoms with Gasteiger partial charge >= 0.3 is 12.0 Å². The second-order valence-electron chi connectivity index (χ2n) is 5.07. The van der Waals surface area contributed by atoms with Crippen molar-refractivity contribution in [2.75, 3.05) is 13.1 Å². The second-order valence-corrected chi connectivity index (χ2v) is 6.05. The van der Waals surface area contributed by atoms with Crippen molar-refractivity contribution in [1.82, 2.24) is 10.2 Å². The van der Waals surface area contributed by atoms with E-state index in [4.69, 9.17) is 0 Å². The largest absolute Gasteiger partial charge is 0.479 e. The van der Waals surface area contributed by atoms with Gasteiger partial charge in [0.15, 0.2) is 6.04 Å². The van der Waals surface area contributed by atoms with Gasteiger partial charge in [-0.2, -0.15) is 0 Å². The zero-order chi connectivity index (χ0) is 14.5. The Morgan fingerprint density at radius 1 is 1.55 bits per heavy atom. The highest BCUT2D eigenvalue weighted by atomic mass is 32.1. The highest BCUT2D eigenvalue weighted by Crippen LogP contribution is 2.27. The fraction of sp³-hybridized carbons (Fsp3) is 0.571. The summed E-state index contributed by atoms with van der Waals surface area (Å²) in [6, 6.07) is 2.26. The minimum absolute atomic E-state index is 0.291. The number of rotatable bonds is 6. The van der Waals surface area contributed by atoms with Crippen LogP contribution in [0.25, 0.3) is 0 Å². The molecule has 1 aromatic heterocycles. The van der Waals surface area contributed by atoms with Crippen molar-refractivity contribution in [1.29, 1.82) is 0 Å². The monoisotopic (exact) mass is 296 g/mol. The van der Waals surface area contributed by atoms with Crippen LogP contribution in [0, 0.1) is 5.92 Å². The summed E-state index contributed by atoms with van der Waals surface area (Å²) in [7, 11) is 0. The van der Waals surface area contributed by atoms with Gasteiger partial charge in [-0.05, 0) is 37.1 Å². The van der Waals surface area contributed by atoms with Crippen LogP contribution in [0.3, 0.4) is 0 Å². The molecule has 1 atom stereocenters. The Morgan fingerprint density at radius 2 is 2.30 bits per heavy atom. The van der Waals surface area contributed by atoms with Crippen LogP contribution in [0.5, 0.6) is 0 Å². The van der Waals surface area contributed by atoms with Crippen LogP contribution in [0.2, 0.25) is 0 Å². The molecule has 1 heterocycles. The van der Waals surface area contributed by atoms with Gasteiger partial charge in [-0.15, -0.1) is 11.3 Å². The molecule has 6 heteroatoms. The summed E-state index contributed by atoms with van der Waals surface area (Å²) in [6.45, 7) is 3.23. The van der Waals surface area contributed by atoms with Gasteiger partial charge in [0, 0.05) is 18.0 Å². The quantitative estimate of drug-likeness (QED) is 0.848. The average molecular weight is 296 g/mol. The summed E-state index contributed by atoms with van der Waals surface area (Å²) in [4.78, 5) is 25.9. The molecule has 1 aliphatic carbocycles. The summed E-state index contributed by atoms with van der Waals surface area (Å²) < 4.78 is 0. The molecule has 0 radical (unpaired) electrons. The molecule has 0 saturated heterocycles. The first-order chi connectivity index (χ1) is 9.61. The highest BCUT2D eigenvalue weighted by molar-refractivity contribution is 7.10. The van der Waals surface area contributed by atoms with E-state index in [0.717, 1.165) is 19.4 Å². The molecule has 0 spiro atoms. The molecule has 110 valence electrons. The maximum Gasteiger partial charge on any atom is 0.331 e. The molecule has 0 bridgehead atoms. The zero-order valence-corrected chi connectivity index (χ0v) is 12.4. The van der Waals surface area contributed by atoms with E-state index >= 15 is 0 Å². The molecule has 0 aromatic carbocycles. The third-order valence-corrected chi connectivity index (χ3v) is 4.65. The molecule has 2 rings (SSSR count). The Bertz CT molecular complexity index is 457. The molecule has 5 nitrogen and oxygen atoms in total. The third-order valence-electron chi connectivity index (χ3n) is 3.71. The Morgan fingerprint density at radius 3 is 2.75 bits per heavy atom. The number of carboxylic acids is 1. The fourth-order valence-corrected chi connectivity index (χ4v) is 3.03. The minimum Gasteiger partial charge on any atom is -0.479 e. The van der Waals surface area contributed by atoms with Crippen LogP contribution in [0.4, 0.5) is 4.79 Å². The standard InChI is InChI=1S/C14H20N2O3S/c1-2-16(9-10-5-3-6-10)14(19)15-12(13(17)18)11-7-4-8-20-11/h4,7-8,10,12H,2-3,5-6,9H2,1H3,(H,15,19)(H,17,18). The summed E-state index contributed by atoms with van der Waals surface area (Å²) in [5, 5.41) is 13.7. The average Bonchev–Trinajstić information content (AvgIpc) is 2.87. The first-order valence-electron chi connectivity index (χ1n) is 6.93. The molecular formula is C14H20N2O3S. The van der Waals surface area contributed by atoms with E-state index in [-0.39, 0.29) is 6.03 Å². The predicted octanol–water partition coefficient (Wildman–Crippen LogP) is 2.71. The Hall–Kier alpha value is -1.56. The molecule has 2 N–H and O–H groups in total. The maximum atomic E-state index is 12.2. The van der Waals surface area contributed by atoms with E-state index in [1.165, 1.54) is 17.8 Å². The summed E-state index contributed by atoms with van der Waals surface area (Å²) >= 11 is 1.34. The first kappa shape index (κ1) is 14.8. The number of hydrogen-bond acceptors (Lipinski definition) is 3. The van der Waals surface area contributed by atoms with Crippen molar-refractivity contribution in [2.45, 2.75) is 32.2 Å². The first-order valence-corrected chi connectivity index (χ1v) is 7.81. The van der Waals surface area contributed by atoms with Crippen molar-refractivity contribution in [3.8, 4) is 0 Å². The van der Waals surface area contributed by atoms with Gasteiger partial charge < -0.3 is 15.3 Å². The van der Waals surface area contributed by atoms with E-state index in [2.05, 4.69) is 5.32 Å². The molecule has 1 unspecified atom stereocenters. The smallest absolute Gasteiger partial charge is 0.331 e. The number of aliphatic carboxylic acids is 1. The van der Waals surface area contributed by atoms with E-state index in [9.17, 15) is 14.7 Å². The van der Waals surface area contributed by atoms with Crippen molar-refractivity contribution in [3.05, 3.63) is 22.4 Å². The molecule has 2 amide bonds. The molecule has 20 heavy (non-hydrogen) atoms. The topological polar surface area (TPSA) is 69.6 Å². The molecular weight excluding hydrogens is 276 g/mol. The van der Waals surface area contributed by atoms with Crippen LogP contribution in [0.15, 0.2) is 17.5 Å². The van der Waals surface area contributed by atoms with Crippen LogP contribution < -0.4 is 5.32 Å². The van der Waals surface area contributed by atoms with Gasteiger partial charge in [0.05, 0.1) is 0 Å². The van der Waals surface area contributed by atoms with Gasteiger partial charge in [-0.3, -0.25) is 0 Å². The number of carbonyl (C=O) groups excluding carboxylic acids is 1. The van der Waals surface area contributed by atoms with E-state index < -0.39 is 12.0 Å². The number of thiophene rings is 1. The minimum atomic E-state index is -1.03. The number of carboxylic acid groups (broad SMARTS) is 1. The van der Waals surface area contributed by atoms with Crippen molar-refractivity contribution < 1.29 is 14.7 Å².